The van der Waals surface area contributed by atoms with Gasteiger partial charge in [0.25, 0.3) is 0 Å². The molecule has 0 spiro atoms. The SMILES string of the molecule is CCC[CH2][Sn]([CH2]CC)([CH2]CCC)[C](=O)O. The second-order valence-electron chi connectivity index (χ2n) is 4.54. The van der Waals surface area contributed by atoms with E-state index in [1.54, 1.807) is 0 Å². The number of carbonyl (C=O) groups is 1. The number of unbranched alkanes of at least 4 members (excludes halogenated alkanes) is 2. The van der Waals surface area contributed by atoms with Crippen molar-refractivity contribution >= 4 is 22.4 Å². The topological polar surface area (TPSA) is 37.3 Å². The molecule has 0 aliphatic rings. The third-order valence-corrected chi connectivity index (χ3v) is 17.4. The van der Waals surface area contributed by atoms with Crippen molar-refractivity contribution in [3.8, 4) is 0 Å². The average molecular weight is 321 g/mol. The van der Waals surface area contributed by atoms with Crippen LogP contribution in [0.3, 0.4) is 0 Å². The molecule has 0 bridgehead atoms. The van der Waals surface area contributed by atoms with Gasteiger partial charge >= 0.3 is 98.4 Å². The maximum atomic E-state index is 11.5. The summed E-state index contributed by atoms with van der Waals surface area (Å²) in [5, 5.41) is 9.50. The fraction of sp³-hybridized carbons (Fsp3) is 0.917. The molecular weight excluding hydrogens is 295 g/mol. The monoisotopic (exact) mass is 322 g/mol. The van der Waals surface area contributed by atoms with Crippen LogP contribution in [0.1, 0.15) is 52.9 Å². The molecule has 0 aliphatic heterocycles. The molecule has 0 saturated heterocycles. The van der Waals surface area contributed by atoms with Crippen molar-refractivity contribution in [2.24, 2.45) is 0 Å². The molecule has 0 aromatic rings. The fourth-order valence-electron chi connectivity index (χ4n) is 2.20. The van der Waals surface area contributed by atoms with E-state index in [-0.39, 0.29) is 3.99 Å². The van der Waals surface area contributed by atoms with Crippen molar-refractivity contribution in [1.82, 2.24) is 0 Å². The molecule has 0 amide bonds. The van der Waals surface area contributed by atoms with E-state index in [4.69, 9.17) is 0 Å². The quantitative estimate of drug-likeness (QED) is 0.625. The molecule has 0 aromatic carbocycles. The molecule has 0 rings (SSSR count). The van der Waals surface area contributed by atoms with E-state index in [0.717, 1.165) is 45.4 Å². The summed E-state index contributed by atoms with van der Waals surface area (Å²) in [6, 6.07) is 0. The molecule has 0 atom stereocenters. The Morgan fingerprint density at radius 2 is 1.40 bits per heavy atom. The Kier molecular flexibility index (Phi) is 8.57. The summed E-state index contributed by atoms with van der Waals surface area (Å²) in [5.41, 5.74) is 0. The zero-order chi connectivity index (χ0) is 11.7. The Bertz CT molecular complexity index is 172. The second-order valence-corrected chi connectivity index (χ2v) is 17.4. The molecule has 0 saturated carbocycles. The molecule has 0 fully saturated rings. The molecule has 2 nitrogen and oxygen atoms in total. The molecule has 0 heterocycles. The summed E-state index contributed by atoms with van der Waals surface area (Å²) in [6.45, 7) is 6.45. The van der Waals surface area contributed by atoms with E-state index < -0.39 is 18.4 Å². The zero-order valence-electron chi connectivity index (χ0n) is 10.5. The van der Waals surface area contributed by atoms with Crippen LogP contribution in [-0.4, -0.2) is 27.5 Å². The van der Waals surface area contributed by atoms with Crippen LogP contribution in [0.5, 0.6) is 0 Å². The van der Waals surface area contributed by atoms with Crippen LogP contribution < -0.4 is 0 Å². The van der Waals surface area contributed by atoms with E-state index in [0.29, 0.717) is 0 Å². The van der Waals surface area contributed by atoms with Gasteiger partial charge in [-0.3, -0.25) is 0 Å². The van der Waals surface area contributed by atoms with Gasteiger partial charge in [0.2, 0.25) is 0 Å². The van der Waals surface area contributed by atoms with Gasteiger partial charge in [0.15, 0.2) is 0 Å². The maximum absolute atomic E-state index is 11.5. The number of hydrogen-bond donors (Lipinski definition) is 1. The number of carboxylic acid groups (broad SMARTS) is 1. The van der Waals surface area contributed by atoms with Crippen molar-refractivity contribution in [3.05, 3.63) is 0 Å². The molecule has 0 aliphatic carbocycles. The van der Waals surface area contributed by atoms with Gasteiger partial charge in [-0.2, -0.15) is 0 Å². The Balaban J connectivity index is 4.48. The average Bonchev–Trinajstić information content (AvgIpc) is 2.22. The predicted octanol–water partition coefficient (Wildman–Crippen LogP) is 4.71. The second kappa shape index (κ2) is 8.42. The first-order valence-corrected chi connectivity index (χ1v) is 13.8. The van der Waals surface area contributed by atoms with Crippen molar-refractivity contribution in [1.29, 1.82) is 0 Å². The van der Waals surface area contributed by atoms with E-state index in [2.05, 4.69) is 20.8 Å². The standard InChI is InChI=1S/2C4H9.C3H7.CHO2.Sn/c2*1-3-4-2;1-3-2;2-1-3;/h2*1,3-4H2,2H3;1,3H2,2H3;(H,2,3);. The van der Waals surface area contributed by atoms with E-state index in [1.165, 1.54) is 0 Å². The summed E-state index contributed by atoms with van der Waals surface area (Å²) < 4.78 is 2.81. The van der Waals surface area contributed by atoms with Gasteiger partial charge in [-0.05, 0) is 0 Å². The van der Waals surface area contributed by atoms with Gasteiger partial charge in [-0.25, -0.2) is 0 Å². The summed E-state index contributed by atoms with van der Waals surface area (Å²) in [6.07, 6.45) is 5.61. The van der Waals surface area contributed by atoms with Crippen molar-refractivity contribution in [3.63, 3.8) is 0 Å². The molecular formula is C12H26O2Sn. The van der Waals surface area contributed by atoms with Crippen molar-refractivity contribution < 1.29 is 9.90 Å². The van der Waals surface area contributed by atoms with Crippen LogP contribution in [0.15, 0.2) is 0 Å². The van der Waals surface area contributed by atoms with Gasteiger partial charge in [0, 0.05) is 0 Å². The van der Waals surface area contributed by atoms with Gasteiger partial charge in [-0.15, -0.1) is 0 Å². The van der Waals surface area contributed by atoms with Gasteiger partial charge < -0.3 is 0 Å². The molecule has 0 aromatic heterocycles. The van der Waals surface area contributed by atoms with Crippen LogP contribution >= 0.6 is 0 Å². The molecule has 3 heteroatoms. The first kappa shape index (κ1) is 15.3. The summed E-state index contributed by atoms with van der Waals surface area (Å²) in [7, 11) is 0. The van der Waals surface area contributed by atoms with E-state index >= 15 is 0 Å². The first-order valence-electron chi connectivity index (χ1n) is 6.36. The molecule has 90 valence electrons. The Labute approximate surface area is 98.3 Å². The Hall–Kier alpha value is 0.269. The first-order chi connectivity index (χ1) is 7.13. The Morgan fingerprint density at radius 3 is 1.67 bits per heavy atom. The normalized spacial score (nSPS) is 11.7. The van der Waals surface area contributed by atoms with E-state index in [1.807, 2.05) is 0 Å². The van der Waals surface area contributed by atoms with Crippen LogP contribution in [0.25, 0.3) is 0 Å². The van der Waals surface area contributed by atoms with Crippen LogP contribution in [0, 0.1) is 0 Å². The molecule has 0 radical (unpaired) electrons. The van der Waals surface area contributed by atoms with Crippen LogP contribution in [0.4, 0.5) is 4.79 Å². The third kappa shape index (κ3) is 5.23. The Morgan fingerprint density at radius 1 is 0.933 bits per heavy atom. The summed E-state index contributed by atoms with van der Waals surface area (Å²) in [5.74, 6) is 0. The summed E-state index contributed by atoms with van der Waals surface area (Å²) >= 11 is -2.80. The van der Waals surface area contributed by atoms with Crippen LogP contribution in [-0.2, 0) is 0 Å². The fourth-order valence-corrected chi connectivity index (χ4v) is 14.8. The predicted molar refractivity (Wildman–Crippen MR) is 68.3 cm³/mol. The van der Waals surface area contributed by atoms with Gasteiger partial charge in [-0.1, -0.05) is 0 Å². The van der Waals surface area contributed by atoms with E-state index in [9.17, 15) is 9.90 Å². The van der Waals surface area contributed by atoms with Crippen molar-refractivity contribution in [2.45, 2.75) is 66.2 Å². The summed E-state index contributed by atoms with van der Waals surface area (Å²) in [4.78, 5) is 11.5. The van der Waals surface area contributed by atoms with Crippen LogP contribution in [0.2, 0.25) is 13.3 Å². The third-order valence-electron chi connectivity index (χ3n) is 3.20. The minimum absolute atomic E-state index is 0.368. The molecule has 0 unspecified atom stereocenters. The number of rotatable bonds is 9. The zero-order valence-corrected chi connectivity index (χ0v) is 13.4. The minimum atomic E-state index is -2.80. The molecule has 15 heavy (non-hydrogen) atoms. The molecule has 1 N–H and O–H groups in total. The number of hydrogen-bond acceptors (Lipinski definition) is 1. The van der Waals surface area contributed by atoms with Gasteiger partial charge in [0.1, 0.15) is 0 Å². The van der Waals surface area contributed by atoms with Gasteiger partial charge in [0.05, 0.1) is 0 Å². The van der Waals surface area contributed by atoms with Crippen molar-refractivity contribution in [2.75, 3.05) is 0 Å².